The third kappa shape index (κ3) is 4.35. The molecule has 0 spiro atoms. The topological polar surface area (TPSA) is 61.4 Å². The number of hydrogen-bond acceptors (Lipinski definition) is 3. The first kappa shape index (κ1) is 18.5. The van der Waals surface area contributed by atoms with Crippen molar-refractivity contribution < 1.29 is 9.59 Å². The molecule has 5 heteroatoms. The molecule has 2 aliphatic rings. The molecule has 5 nitrogen and oxygen atoms in total. The maximum atomic E-state index is 12.9. The van der Waals surface area contributed by atoms with Gasteiger partial charge >= 0.3 is 0 Å². The van der Waals surface area contributed by atoms with Gasteiger partial charge in [0.25, 0.3) is 0 Å². The van der Waals surface area contributed by atoms with Gasteiger partial charge in [-0.05, 0) is 55.0 Å². The lowest BCUT2D eigenvalue weighted by atomic mass is 10.0. The second kappa shape index (κ2) is 8.46. The summed E-state index contributed by atoms with van der Waals surface area (Å²) in [7, 11) is 0. The molecule has 0 saturated carbocycles. The summed E-state index contributed by atoms with van der Waals surface area (Å²) < 4.78 is 0. The molecule has 2 aromatic carbocycles. The van der Waals surface area contributed by atoms with Crippen LogP contribution in [0.2, 0.25) is 0 Å². The molecule has 0 aliphatic carbocycles. The van der Waals surface area contributed by atoms with Gasteiger partial charge in [0.15, 0.2) is 0 Å². The number of aryl methyl sites for hydroxylation is 1. The first-order chi connectivity index (χ1) is 13.7. The van der Waals surface area contributed by atoms with Crippen LogP contribution in [0.1, 0.15) is 36.8 Å². The zero-order valence-corrected chi connectivity index (χ0v) is 16.1. The average Bonchev–Trinajstić information content (AvgIpc) is 2.92. The van der Waals surface area contributed by atoms with Crippen LogP contribution in [0.3, 0.4) is 0 Å². The maximum absolute atomic E-state index is 12.9. The molecule has 1 unspecified atom stereocenters. The molecule has 0 radical (unpaired) electrons. The molecule has 1 saturated heterocycles. The smallest absolute Gasteiger partial charge is 0.231 e. The Labute approximate surface area is 166 Å². The summed E-state index contributed by atoms with van der Waals surface area (Å²) in [6, 6.07) is 16.4. The second-order valence-corrected chi connectivity index (χ2v) is 7.69. The van der Waals surface area contributed by atoms with E-state index < -0.39 is 0 Å². The van der Waals surface area contributed by atoms with Gasteiger partial charge in [-0.2, -0.15) is 0 Å². The summed E-state index contributed by atoms with van der Waals surface area (Å²) in [4.78, 5) is 26.5. The van der Waals surface area contributed by atoms with Crippen molar-refractivity contribution >= 4 is 23.2 Å². The van der Waals surface area contributed by atoms with Crippen molar-refractivity contribution in [2.75, 3.05) is 23.3 Å². The molecule has 0 aromatic heterocycles. The highest BCUT2D eigenvalue weighted by Crippen LogP contribution is 2.27. The Kier molecular flexibility index (Phi) is 5.60. The van der Waals surface area contributed by atoms with Crippen molar-refractivity contribution in [2.45, 2.75) is 44.6 Å². The summed E-state index contributed by atoms with van der Waals surface area (Å²) in [5.41, 5.74) is 4.33. The van der Waals surface area contributed by atoms with E-state index in [1.807, 2.05) is 47.4 Å². The highest BCUT2D eigenvalue weighted by molar-refractivity contribution is 5.95. The molecule has 1 fully saturated rings. The van der Waals surface area contributed by atoms with E-state index in [4.69, 9.17) is 0 Å². The van der Waals surface area contributed by atoms with Gasteiger partial charge in [0.2, 0.25) is 11.8 Å². The minimum Gasteiger partial charge on any atom is -0.382 e. The largest absolute Gasteiger partial charge is 0.382 e. The van der Waals surface area contributed by atoms with Crippen LogP contribution >= 0.6 is 0 Å². The van der Waals surface area contributed by atoms with E-state index in [9.17, 15) is 9.59 Å². The second-order valence-electron chi connectivity index (χ2n) is 7.69. The number of benzene rings is 2. The third-order valence-electron chi connectivity index (χ3n) is 5.57. The number of para-hydroxylation sites is 1. The number of nitrogens with zero attached hydrogens (tertiary/aromatic N) is 1. The van der Waals surface area contributed by atoms with Gasteiger partial charge in [0.1, 0.15) is 0 Å². The van der Waals surface area contributed by atoms with Crippen LogP contribution < -0.4 is 15.5 Å². The van der Waals surface area contributed by atoms with Gasteiger partial charge in [-0.1, -0.05) is 30.3 Å². The van der Waals surface area contributed by atoms with E-state index in [1.165, 1.54) is 5.56 Å². The SMILES string of the molecule is O=C1CC(Nc2ccc(CC(=O)N3CCCc4ccccc43)cc2)CCCN1. The lowest BCUT2D eigenvalue weighted by Gasteiger charge is -2.29. The molecule has 2 N–H and O–H groups in total. The van der Waals surface area contributed by atoms with E-state index in [0.717, 1.165) is 55.7 Å². The molecule has 2 aromatic rings. The van der Waals surface area contributed by atoms with E-state index in [2.05, 4.69) is 16.7 Å². The number of carbonyl (C=O) groups is 2. The zero-order chi connectivity index (χ0) is 19.3. The fourth-order valence-electron chi connectivity index (χ4n) is 4.11. The molecule has 146 valence electrons. The molecule has 0 bridgehead atoms. The zero-order valence-electron chi connectivity index (χ0n) is 16.1. The lowest BCUT2D eigenvalue weighted by Crippen LogP contribution is -2.36. The summed E-state index contributed by atoms with van der Waals surface area (Å²) in [5, 5.41) is 6.36. The molecule has 2 aliphatic heterocycles. The number of fused-ring (bicyclic) bond motifs is 1. The first-order valence-electron chi connectivity index (χ1n) is 10.2. The van der Waals surface area contributed by atoms with Gasteiger partial charge in [-0.3, -0.25) is 9.59 Å². The van der Waals surface area contributed by atoms with Gasteiger partial charge in [0.05, 0.1) is 6.42 Å². The predicted octanol–water partition coefficient (Wildman–Crippen LogP) is 3.29. The molecule has 4 rings (SSSR count). The Morgan fingerprint density at radius 1 is 1.11 bits per heavy atom. The molecule has 2 amide bonds. The van der Waals surface area contributed by atoms with Crippen LogP contribution in [-0.4, -0.2) is 30.9 Å². The van der Waals surface area contributed by atoms with Crippen molar-refractivity contribution in [3.63, 3.8) is 0 Å². The molecular weight excluding hydrogens is 350 g/mol. The Morgan fingerprint density at radius 3 is 2.79 bits per heavy atom. The van der Waals surface area contributed by atoms with Crippen molar-refractivity contribution in [2.24, 2.45) is 0 Å². The maximum Gasteiger partial charge on any atom is 0.231 e. The Morgan fingerprint density at radius 2 is 1.93 bits per heavy atom. The predicted molar refractivity (Wildman–Crippen MR) is 112 cm³/mol. The minimum atomic E-state index is 0.110. The fraction of sp³-hybridized carbons (Fsp3) is 0.391. The quantitative estimate of drug-likeness (QED) is 0.860. The number of anilines is 2. The number of carbonyl (C=O) groups excluding carboxylic acids is 2. The fourth-order valence-corrected chi connectivity index (χ4v) is 4.11. The van der Waals surface area contributed by atoms with Crippen LogP contribution in [-0.2, 0) is 22.4 Å². The van der Waals surface area contributed by atoms with E-state index in [-0.39, 0.29) is 17.9 Å². The van der Waals surface area contributed by atoms with Crippen LogP contribution in [0.5, 0.6) is 0 Å². The van der Waals surface area contributed by atoms with Crippen LogP contribution in [0.4, 0.5) is 11.4 Å². The molecule has 2 heterocycles. The van der Waals surface area contributed by atoms with Gasteiger partial charge in [0, 0.05) is 36.9 Å². The standard InChI is InChI=1S/C23H27N3O2/c27-22-16-20(7-3-13-24-22)25-19-11-9-17(10-12-19)15-23(28)26-14-4-6-18-5-1-2-8-21(18)26/h1-2,5,8-12,20,25H,3-4,6-7,13-16H2,(H,24,27). The Bertz CT molecular complexity index is 847. The van der Waals surface area contributed by atoms with E-state index in [0.29, 0.717) is 12.8 Å². The van der Waals surface area contributed by atoms with Gasteiger partial charge in [-0.15, -0.1) is 0 Å². The van der Waals surface area contributed by atoms with Gasteiger partial charge < -0.3 is 15.5 Å². The third-order valence-corrected chi connectivity index (χ3v) is 5.57. The highest BCUT2D eigenvalue weighted by Gasteiger charge is 2.22. The van der Waals surface area contributed by atoms with E-state index >= 15 is 0 Å². The number of rotatable bonds is 4. The summed E-state index contributed by atoms with van der Waals surface area (Å²) in [6.45, 7) is 1.55. The van der Waals surface area contributed by atoms with Crippen LogP contribution in [0, 0.1) is 0 Å². The first-order valence-corrected chi connectivity index (χ1v) is 10.2. The normalized spacial score (nSPS) is 19.4. The van der Waals surface area contributed by atoms with Crippen LogP contribution in [0.25, 0.3) is 0 Å². The molecular formula is C23H27N3O2. The lowest BCUT2D eigenvalue weighted by molar-refractivity contribution is -0.121. The van der Waals surface area contributed by atoms with Crippen molar-refractivity contribution in [1.29, 1.82) is 0 Å². The van der Waals surface area contributed by atoms with Crippen molar-refractivity contribution in [3.8, 4) is 0 Å². The van der Waals surface area contributed by atoms with Crippen LogP contribution in [0.15, 0.2) is 48.5 Å². The average molecular weight is 377 g/mol. The van der Waals surface area contributed by atoms with Crippen molar-refractivity contribution in [1.82, 2.24) is 5.32 Å². The van der Waals surface area contributed by atoms with Gasteiger partial charge in [-0.25, -0.2) is 0 Å². The van der Waals surface area contributed by atoms with E-state index in [1.54, 1.807) is 0 Å². The minimum absolute atomic E-state index is 0.110. The highest BCUT2D eigenvalue weighted by atomic mass is 16.2. The molecule has 28 heavy (non-hydrogen) atoms. The Balaban J connectivity index is 1.38. The summed E-state index contributed by atoms with van der Waals surface area (Å²) >= 11 is 0. The Hall–Kier alpha value is -2.82. The summed E-state index contributed by atoms with van der Waals surface area (Å²) in [6.07, 6.45) is 4.94. The summed E-state index contributed by atoms with van der Waals surface area (Å²) in [5.74, 6) is 0.257. The number of nitrogens with one attached hydrogen (secondary N) is 2. The number of hydrogen-bond donors (Lipinski definition) is 2. The number of amides is 2. The molecule has 1 atom stereocenters. The van der Waals surface area contributed by atoms with Crippen molar-refractivity contribution in [3.05, 3.63) is 59.7 Å². The monoisotopic (exact) mass is 377 g/mol.